The summed E-state index contributed by atoms with van der Waals surface area (Å²) in [7, 11) is 0. The first kappa shape index (κ1) is 19.7. The van der Waals surface area contributed by atoms with Gasteiger partial charge >= 0.3 is 6.09 Å². The van der Waals surface area contributed by atoms with E-state index < -0.39 is 5.60 Å². The smallest absolute Gasteiger partial charge is 0.410 e. The van der Waals surface area contributed by atoms with Gasteiger partial charge in [-0.1, -0.05) is 6.07 Å². The van der Waals surface area contributed by atoms with Gasteiger partial charge in [0.1, 0.15) is 5.60 Å². The maximum Gasteiger partial charge on any atom is 0.410 e. The van der Waals surface area contributed by atoms with Gasteiger partial charge in [-0.15, -0.1) is 11.3 Å². The molecule has 1 N–H and O–H groups in total. The molecule has 1 aromatic heterocycles. The molecule has 2 rings (SSSR count). The van der Waals surface area contributed by atoms with E-state index in [1.54, 1.807) is 16.2 Å². The van der Waals surface area contributed by atoms with E-state index in [9.17, 15) is 9.59 Å². The molecule has 0 aromatic carbocycles. The van der Waals surface area contributed by atoms with E-state index >= 15 is 0 Å². The van der Waals surface area contributed by atoms with Crippen molar-refractivity contribution < 1.29 is 14.3 Å². The van der Waals surface area contributed by atoms with Gasteiger partial charge in [-0.3, -0.25) is 9.69 Å². The molecule has 7 heteroatoms. The van der Waals surface area contributed by atoms with Crippen LogP contribution in [0.5, 0.6) is 0 Å². The molecule has 0 spiro atoms. The number of hydrogen-bond acceptors (Lipinski definition) is 5. The molecule has 0 radical (unpaired) electrons. The molecule has 1 aliphatic heterocycles. The Morgan fingerprint density at radius 1 is 1.28 bits per heavy atom. The quantitative estimate of drug-likeness (QED) is 0.889. The van der Waals surface area contributed by atoms with Crippen molar-refractivity contribution >= 4 is 23.3 Å². The lowest BCUT2D eigenvalue weighted by atomic mass is 10.2. The van der Waals surface area contributed by atoms with E-state index in [1.807, 2.05) is 45.2 Å². The third kappa shape index (κ3) is 6.66. The van der Waals surface area contributed by atoms with Crippen molar-refractivity contribution in [3.8, 4) is 0 Å². The van der Waals surface area contributed by atoms with Gasteiger partial charge < -0.3 is 15.0 Å². The highest BCUT2D eigenvalue weighted by atomic mass is 32.1. The molecule has 2 amide bonds. The summed E-state index contributed by atoms with van der Waals surface area (Å²) in [6.45, 7) is 10.7. The molecule has 140 valence electrons. The number of nitrogens with one attached hydrogen (secondary N) is 1. The maximum absolute atomic E-state index is 12.3. The zero-order valence-corrected chi connectivity index (χ0v) is 16.4. The van der Waals surface area contributed by atoms with E-state index in [0.29, 0.717) is 26.2 Å². The van der Waals surface area contributed by atoms with Crippen LogP contribution in [0.3, 0.4) is 0 Å². The minimum Gasteiger partial charge on any atom is -0.444 e. The second-order valence-corrected chi connectivity index (χ2v) is 8.38. The van der Waals surface area contributed by atoms with E-state index in [1.165, 1.54) is 0 Å². The Labute approximate surface area is 154 Å². The van der Waals surface area contributed by atoms with Gasteiger partial charge in [0.15, 0.2) is 0 Å². The highest BCUT2D eigenvalue weighted by Gasteiger charge is 2.25. The van der Waals surface area contributed by atoms with Crippen molar-refractivity contribution in [1.82, 2.24) is 15.1 Å². The van der Waals surface area contributed by atoms with Crippen molar-refractivity contribution in [3.05, 3.63) is 22.4 Å². The summed E-state index contributed by atoms with van der Waals surface area (Å²) in [5.74, 6) is 0.0200. The lowest BCUT2D eigenvalue weighted by Crippen LogP contribution is -2.41. The van der Waals surface area contributed by atoms with Gasteiger partial charge in [0, 0.05) is 31.1 Å². The van der Waals surface area contributed by atoms with Crippen LogP contribution in [0, 0.1) is 0 Å². The number of rotatable bonds is 4. The summed E-state index contributed by atoms with van der Waals surface area (Å²) in [5.41, 5.74) is -0.485. The average Bonchev–Trinajstić information content (AvgIpc) is 2.93. The zero-order chi connectivity index (χ0) is 18.4. The molecule has 0 saturated carbocycles. The Morgan fingerprint density at radius 2 is 2.04 bits per heavy atom. The van der Waals surface area contributed by atoms with Crippen molar-refractivity contribution in [3.63, 3.8) is 0 Å². The number of hydrogen-bond donors (Lipinski definition) is 1. The molecule has 1 unspecified atom stereocenters. The van der Waals surface area contributed by atoms with E-state index in [-0.39, 0.29) is 18.0 Å². The third-order valence-electron chi connectivity index (χ3n) is 3.95. The van der Waals surface area contributed by atoms with Crippen LogP contribution < -0.4 is 5.32 Å². The molecule has 1 fully saturated rings. The number of nitrogens with zero attached hydrogens (tertiary/aromatic N) is 2. The Bertz CT molecular complexity index is 569. The molecule has 0 bridgehead atoms. The van der Waals surface area contributed by atoms with E-state index in [4.69, 9.17) is 4.74 Å². The summed E-state index contributed by atoms with van der Waals surface area (Å²) in [4.78, 5) is 29.4. The number of ether oxygens (including phenoxy) is 1. The Morgan fingerprint density at radius 3 is 2.68 bits per heavy atom. The first-order valence-electron chi connectivity index (χ1n) is 8.77. The molecule has 2 heterocycles. The maximum atomic E-state index is 12.3. The van der Waals surface area contributed by atoms with Gasteiger partial charge in [0.05, 0.1) is 12.6 Å². The Balaban J connectivity index is 1.78. The Kier molecular flexibility index (Phi) is 6.84. The molecule has 1 saturated heterocycles. The number of amides is 2. The minimum absolute atomic E-state index is 0.0200. The highest BCUT2D eigenvalue weighted by Crippen LogP contribution is 2.18. The van der Waals surface area contributed by atoms with Crippen LogP contribution in [0.15, 0.2) is 17.5 Å². The molecule has 1 aromatic rings. The van der Waals surface area contributed by atoms with Crippen LogP contribution >= 0.6 is 11.3 Å². The zero-order valence-electron chi connectivity index (χ0n) is 15.6. The molecule has 6 nitrogen and oxygen atoms in total. The van der Waals surface area contributed by atoms with Crippen LogP contribution in [0.2, 0.25) is 0 Å². The summed E-state index contributed by atoms with van der Waals surface area (Å²) in [5, 5.41) is 5.05. The minimum atomic E-state index is -0.485. The number of carbonyl (C=O) groups excluding carboxylic acids is 2. The molecular weight excluding hydrogens is 338 g/mol. The van der Waals surface area contributed by atoms with Crippen LogP contribution in [-0.4, -0.2) is 60.1 Å². The molecular formula is C18H29N3O3S. The van der Waals surface area contributed by atoms with Gasteiger partial charge in [-0.2, -0.15) is 0 Å². The first-order chi connectivity index (χ1) is 11.7. The number of thiophene rings is 1. The lowest BCUT2D eigenvalue weighted by molar-refractivity contribution is -0.122. The topological polar surface area (TPSA) is 61.9 Å². The first-order valence-corrected chi connectivity index (χ1v) is 9.65. The summed E-state index contributed by atoms with van der Waals surface area (Å²) in [6, 6.07) is 4.04. The van der Waals surface area contributed by atoms with Crippen molar-refractivity contribution in [2.75, 3.05) is 32.7 Å². The summed E-state index contributed by atoms with van der Waals surface area (Å²) in [6.07, 6.45) is 0.567. The molecule has 25 heavy (non-hydrogen) atoms. The lowest BCUT2D eigenvalue weighted by Gasteiger charge is -2.26. The predicted octanol–water partition coefficient (Wildman–Crippen LogP) is 2.87. The fourth-order valence-electron chi connectivity index (χ4n) is 2.74. The van der Waals surface area contributed by atoms with Crippen LogP contribution in [0.4, 0.5) is 4.79 Å². The standard InChI is InChI=1S/C18H29N3O3S/c1-14(15-7-5-12-25-15)19-16(22)13-20-8-6-9-21(11-10-20)17(23)24-18(2,3)4/h5,7,12,14H,6,8-11,13H2,1-4H3,(H,19,22). The van der Waals surface area contributed by atoms with Gasteiger partial charge in [0.25, 0.3) is 0 Å². The average molecular weight is 368 g/mol. The second-order valence-electron chi connectivity index (χ2n) is 7.40. The predicted molar refractivity (Wildman–Crippen MR) is 99.7 cm³/mol. The highest BCUT2D eigenvalue weighted by molar-refractivity contribution is 7.10. The number of carbonyl (C=O) groups is 2. The van der Waals surface area contributed by atoms with Crippen molar-refractivity contribution in [2.45, 2.75) is 45.8 Å². The fraction of sp³-hybridized carbons (Fsp3) is 0.667. The van der Waals surface area contributed by atoms with Gasteiger partial charge in [-0.05, 0) is 45.6 Å². The van der Waals surface area contributed by atoms with Gasteiger partial charge in [-0.25, -0.2) is 4.79 Å². The van der Waals surface area contributed by atoms with Crippen molar-refractivity contribution in [1.29, 1.82) is 0 Å². The van der Waals surface area contributed by atoms with Crippen LogP contribution in [0.25, 0.3) is 0 Å². The summed E-state index contributed by atoms with van der Waals surface area (Å²) >= 11 is 1.64. The van der Waals surface area contributed by atoms with Crippen LogP contribution in [-0.2, 0) is 9.53 Å². The van der Waals surface area contributed by atoms with E-state index in [2.05, 4.69) is 10.2 Å². The van der Waals surface area contributed by atoms with E-state index in [0.717, 1.165) is 17.8 Å². The third-order valence-corrected chi connectivity index (χ3v) is 5.01. The normalized spacial score (nSPS) is 17.7. The van der Waals surface area contributed by atoms with Crippen molar-refractivity contribution in [2.24, 2.45) is 0 Å². The molecule has 1 aliphatic rings. The summed E-state index contributed by atoms with van der Waals surface area (Å²) < 4.78 is 5.43. The monoisotopic (exact) mass is 367 g/mol. The molecule has 0 aliphatic carbocycles. The van der Waals surface area contributed by atoms with Crippen LogP contribution in [0.1, 0.15) is 45.0 Å². The second kappa shape index (κ2) is 8.67. The Hall–Kier alpha value is -1.60. The fourth-order valence-corrected chi connectivity index (χ4v) is 3.47. The van der Waals surface area contributed by atoms with Gasteiger partial charge in [0.2, 0.25) is 5.91 Å². The largest absolute Gasteiger partial charge is 0.444 e. The SMILES string of the molecule is CC(NC(=O)CN1CCCN(C(=O)OC(C)(C)C)CC1)c1cccs1. The molecule has 1 atom stereocenters.